The molecular formula is C23H30ClN3O3. The molecular weight excluding hydrogens is 402 g/mol. The second-order valence-corrected chi connectivity index (χ2v) is 8.43. The predicted molar refractivity (Wildman–Crippen MR) is 123 cm³/mol. The number of ether oxygens (including phenoxy) is 1. The van der Waals surface area contributed by atoms with Crippen LogP contribution in [0.25, 0.3) is 0 Å². The first kappa shape index (κ1) is 23.7. The average molecular weight is 432 g/mol. The van der Waals surface area contributed by atoms with Gasteiger partial charge in [0.2, 0.25) is 11.7 Å². The molecule has 0 saturated heterocycles. The van der Waals surface area contributed by atoms with Crippen LogP contribution in [0.4, 0.5) is 11.4 Å². The molecule has 0 radical (unpaired) electrons. The smallest absolute Gasteiger partial charge is 0.229 e. The van der Waals surface area contributed by atoms with Crippen LogP contribution in [0, 0.1) is 5.41 Å². The van der Waals surface area contributed by atoms with E-state index in [1.165, 1.54) is 0 Å². The Morgan fingerprint density at radius 3 is 2.40 bits per heavy atom. The fourth-order valence-corrected chi connectivity index (χ4v) is 3.10. The SMILES string of the molecule is CCN(CC)c1ccc(N=C2C=C(NC(=O)C(C)(C)C)C(=O)C(Cl)=C2C)c(OC)c1. The number of hydrogen-bond acceptors (Lipinski definition) is 5. The van der Waals surface area contributed by atoms with Gasteiger partial charge in [-0.1, -0.05) is 32.4 Å². The van der Waals surface area contributed by atoms with Crippen molar-refractivity contribution < 1.29 is 14.3 Å². The standard InChI is InChI=1S/C23H30ClN3O3/c1-8-27(9-2)15-10-11-16(19(12-15)30-7)25-17-13-18(21(28)20(24)14(17)3)26-22(29)23(4,5)6/h10-13H,8-9H2,1-7H3,(H,26,29). The zero-order valence-electron chi connectivity index (χ0n) is 18.7. The Bertz CT molecular complexity index is 936. The Morgan fingerprint density at radius 1 is 1.23 bits per heavy atom. The highest BCUT2D eigenvalue weighted by molar-refractivity contribution is 6.49. The molecule has 1 aliphatic carbocycles. The summed E-state index contributed by atoms with van der Waals surface area (Å²) in [6, 6.07) is 5.79. The van der Waals surface area contributed by atoms with E-state index in [-0.39, 0.29) is 16.6 Å². The van der Waals surface area contributed by atoms with Crippen LogP contribution in [0.2, 0.25) is 0 Å². The third kappa shape index (κ3) is 5.11. The monoisotopic (exact) mass is 431 g/mol. The average Bonchev–Trinajstić information content (AvgIpc) is 2.70. The van der Waals surface area contributed by atoms with Crippen LogP contribution >= 0.6 is 11.6 Å². The number of carbonyl (C=O) groups excluding carboxylic acids is 2. The number of allylic oxidation sites excluding steroid dienone is 3. The molecule has 1 aromatic carbocycles. The molecule has 1 aromatic rings. The van der Waals surface area contributed by atoms with E-state index in [1.807, 2.05) is 18.2 Å². The van der Waals surface area contributed by atoms with Gasteiger partial charge in [0.1, 0.15) is 11.4 Å². The highest BCUT2D eigenvalue weighted by atomic mass is 35.5. The van der Waals surface area contributed by atoms with Gasteiger partial charge in [0, 0.05) is 30.3 Å². The van der Waals surface area contributed by atoms with Gasteiger partial charge in [-0.3, -0.25) is 9.59 Å². The lowest BCUT2D eigenvalue weighted by Crippen LogP contribution is -2.38. The Kier molecular flexibility index (Phi) is 7.48. The van der Waals surface area contributed by atoms with Gasteiger partial charge in [-0.15, -0.1) is 0 Å². The molecule has 0 unspecified atom stereocenters. The summed E-state index contributed by atoms with van der Waals surface area (Å²) in [5, 5.41) is 2.72. The van der Waals surface area contributed by atoms with Crippen molar-refractivity contribution in [1.29, 1.82) is 0 Å². The molecule has 0 atom stereocenters. The van der Waals surface area contributed by atoms with E-state index in [1.54, 1.807) is 40.9 Å². The van der Waals surface area contributed by atoms with Crippen LogP contribution in [-0.4, -0.2) is 37.6 Å². The number of amides is 1. The number of nitrogens with zero attached hydrogens (tertiary/aromatic N) is 2. The van der Waals surface area contributed by atoms with Gasteiger partial charge in [-0.2, -0.15) is 0 Å². The maximum absolute atomic E-state index is 12.5. The molecule has 1 aliphatic rings. The van der Waals surface area contributed by atoms with Gasteiger partial charge in [-0.05, 0) is 44.6 Å². The topological polar surface area (TPSA) is 71.0 Å². The van der Waals surface area contributed by atoms with Crippen LogP contribution in [0.5, 0.6) is 5.75 Å². The van der Waals surface area contributed by atoms with Crippen LogP contribution in [0.15, 0.2) is 45.6 Å². The number of nitrogens with one attached hydrogen (secondary N) is 1. The van der Waals surface area contributed by atoms with Crippen molar-refractivity contribution in [1.82, 2.24) is 5.32 Å². The number of benzene rings is 1. The number of Topliss-reactive ketones (excluding diaryl/α,β-unsaturated/α-hetero) is 1. The molecule has 7 heteroatoms. The molecule has 0 aliphatic heterocycles. The largest absolute Gasteiger partial charge is 0.494 e. The lowest BCUT2D eigenvalue weighted by molar-refractivity contribution is -0.128. The summed E-state index contributed by atoms with van der Waals surface area (Å²) < 4.78 is 5.55. The van der Waals surface area contributed by atoms with E-state index < -0.39 is 11.2 Å². The molecule has 0 saturated carbocycles. The second-order valence-electron chi connectivity index (χ2n) is 8.06. The first-order valence-electron chi connectivity index (χ1n) is 9.99. The lowest BCUT2D eigenvalue weighted by Gasteiger charge is -2.22. The molecule has 1 N–H and O–H groups in total. The molecule has 0 heterocycles. The highest BCUT2D eigenvalue weighted by Crippen LogP contribution is 2.34. The van der Waals surface area contributed by atoms with E-state index in [4.69, 9.17) is 16.3 Å². The number of anilines is 1. The first-order valence-corrected chi connectivity index (χ1v) is 10.4. The number of rotatable bonds is 6. The van der Waals surface area contributed by atoms with Crippen molar-refractivity contribution in [3.63, 3.8) is 0 Å². The second kappa shape index (κ2) is 9.47. The van der Waals surface area contributed by atoms with Crippen LogP contribution in [0.1, 0.15) is 41.5 Å². The zero-order valence-corrected chi connectivity index (χ0v) is 19.5. The molecule has 0 fully saturated rings. The Balaban J connectivity index is 2.49. The van der Waals surface area contributed by atoms with E-state index in [9.17, 15) is 9.59 Å². The van der Waals surface area contributed by atoms with E-state index >= 15 is 0 Å². The summed E-state index contributed by atoms with van der Waals surface area (Å²) in [7, 11) is 1.59. The van der Waals surface area contributed by atoms with E-state index in [2.05, 4.69) is 29.1 Å². The number of hydrogen-bond donors (Lipinski definition) is 1. The molecule has 6 nitrogen and oxygen atoms in total. The van der Waals surface area contributed by atoms with Gasteiger partial charge < -0.3 is 15.0 Å². The zero-order chi connectivity index (χ0) is 22.6. The van der Waals surface area contributed by atoms with E-state index in [0.29, 0.717) is 22.7 Å². The highest BCUT2D eigenvalue weighted by Gasteiger charge is 2.29. The van der Waals surface area contributed by atoms with Crippen molar-refractivity contribution in [2.75, 3.05) is 25.1 Å². The van der Waals surface area contributed by atoms with Gasteiger partial charge in [0.25, 0.3) is 0 Å². The number of methoxy groups -OCH3 is 1. The molecule has 0 aromatic heterocycles. The fourth-order valence-electron chi connectivity index (χ4n) is 2.90. The Labute approximate surface area is 183 Å². The lowest BCUT2D eigenvalue weighted by atomic mass is 9.94. The molecule has 0 bridgehead atoms. The summed E-state index contributed by atoms with van der Waals surface area (Å²) in [5.41, 5.74) is 2.16. The third-order valence-corrected chi connectivity index (χ3v) is 5.36. The maximum Gasteiger partial charge on any atom is 0.229 e. The van der Waals surface area contributed by atoms with Gasteiger partial charge >= 0.3 is 0 Å². The van der Waals surface area contributed by atoms with Gasteiger partial charge in [0.15, 0.2) is 0 Å². The summed E-state index contributed by atoms with van der Waals surface area (Å²) in [6.07, 6.45) is 1.56. The third-order valence-electron chi connectivity index (χ3n) is 4.90. The van der Waals surface area contributed by atoms with Crippen molar-refractivity contribution >= 4 is 40.4 Å². The van der Waals surface area contributed by atoms with Crippen LogP contribution < -0.4 is 15.0 Å². The number of aliphatic imine (C=N–C) groups is 1. The predicted octanol–water partition coefficient (Wildman–Crippen LogP) is 4.76. The van der Waals surface area contributed by atoms with Crippen molar-refractivity contribution in [2.24, 2.45) is 10.4 Å². The fraction of sp³-hybridized carbons (Fsp3) is 0.435. The van der Waals surface area contributed by atoms with Gasteiger partial charge in [-0.25, -0.2) is 4.99 Å². The summed E-state index contributed by atoms with van der Waals surface area (Å²) in [4.78, 5) is 31.8. The summed E-state index contributed by atoms with van der Waals surface area (Å²) in [6.45, 7) is 13.0. The summed E-state index contributed by atoms with van der Waals surface area (Å²) >= 11 is 6.27. The quantitative estimate of drug-likeness (QED) is 0.659. The molecule has 2 rings (SSSR count). The summed E-state index contributed by atoms with van der Waals surface area (Å²) in [5.74, 6) is -0.0809. The Morgan fingerprint density at radius 2 is 1.87 bits per heavy atom. The number of ketones is 1. The molecule has 0 spiro atoms. The van der Waals surface area contributed by atoms with Gasteiger partial charge in [0.05, 0.1) is 23.6 Å². The number of halogens is 1. The minimum atomic E-state index is -0.648. The van der Waals surface area contributed by atoms with Crippen LogP contribution in [0.3, 0.4) is 0 Å². The molecule has 30 heavy (non-hydrogen) atoms. The van der Waals surface area contributed by atoms with Crippen molar-refractivity contribution in [3.8, 4) is 5.75 Å². The minimum Gasteiger partial charge on any atom is -0.494 e. The molecule has 1 amide bonds. The van der Waals surface area contributed by atoms with Crippen molar-refractivity contribution in [3.05, 3.63) is 40.6 Å². The first-order chi connectivity index (χ1) is 14.0. The van der Waals surface area contributed by atoms with E-state index in [0.717, 1.165) is 18.8 Å². The Hall–Kier alpha value is -2.60. The minimum absolute atomic E-state index is 0.0409. The molecule has 162 valence electrons. The van der Waals surface area contributed by atoms with Crippen molar-refractivity contribution in [2.45, 2.75) is 41.5 Å². The number of carbonyl (C=O) groups is 2. The van der Waals surface area contributed by atoms with Crippen LogP contribution in [-0.2, 0) is 9.59 Å². The maximum atomic E-state index is 12.5. The normalized spacial score (nSPS) is 15.9.